The van der Waals surface area contributed by atoms with Crippen LogP contribution in [0.1, 0.15) is 41.6 Å². The van der Waals surface area contributed by atoms with Gasteiger partial charge in [-0.05, 0) is 56.5 Å². The second kappa shape index (κ2) is 7.23. The van der Waals surface area contributed by atoms with E-state index in [1.807, 2.05) is 4.90 Å². The Morgan fingerprint density at radius 3 is 2.62 bits per heavy atom. The molecular formula is C18H26N2O3S. The summed E-state index contributed by atoms with van der Waals surface area (Å²) in [4.78, 5) is 17.3. The first-order valence-corrected chi connectivity index (χ1v) is 10.8. The van der Waals surface area contributed by atoms with Gasteiger partial charge in [-0.15, -0.1) is 0 Å². The zero-order chi connectivity index (χ0) is 17.2. The molecule has 24 heavy (non-hydrogen) atoms. The summed E-state index contributed by atoms with van der Waals surface area (Å²) in [6, 6.07) is 7.53. The molecule has 1 amide bonds. The van der Waals surface area contributed by atoms with Crippen LogP contribution in [-0.2, 0) is 15.6 Å². The molecule has 0 N–H and O–H groups in total. The molecule has 0 aromatic heterocycles. The third-order valence-electron chi connectivity index (χ3n) is 4.94. The third-order valence-corrected chi connectivity index (χ3v) is 5.80. The Bertz CT molecular complexity index is 696. The molecule has 1 atom stereocenters. The first-order chi connectivity index (χ1) is 11.4. The Balaban J connectivity index is 1.70. The SMILES string of the molecule is CS(=O)(=O)Cc1cccc(C(=O)N2CCCC(N3CCCC3)C2)c1. The minimum atomic E-state index is -3.10. The minimum Gasteiger partial charge on any atom is -0.337 e. The zero-order valence-corrected chi connectivity index (χ0v) is 15.1. The number of nitrogens with zero attached hydrogens (tertiary/aromatic N) is 2. The van der Waals surface area contributed by atoms with E-state index in [-0.39, 0.29) is 11.7 Å². The standard InChI is InChI=1S/C18H26N2O3S/c1-24(22,23)14-15-6-4-7-16(12-15)18(21)20-11-5-8-17(13-20)19-9-2-3-10-19/h4,6-7,12,17H,2-3,5,8-11,13-14H2,1H3. The van der Waals surface area contributed by atoms with Gasteiger partial charge in [0.05, 0.1) is 5.75 Å². The molecule has 0 radical (unpaired) electrons. The molecule has 2 aliphatic rings. The smallest absolute Gasteiger partial charge is 0.253 e. The lowest BCUT2D eigenvalue weighted by atomic mass is 10.0. The summed E-state index contributed by atoms with van der Waals surface area (Å²) in [5.41, 5.74) is 1.27. The number of benzene rings is 1. The maximum atomic E-state index is 12.8. The third kappa shape index (κ3) is 4.36. The fourth-order valence-electron chi connectivity index (χ4n) is 3.82. The first kappa shape index (κ1) is 17.4. The Kier molecular flexibility index (Phi) is 5.25. The van der Waals surface area contributed by atoms with Crippen molar-refractivity contribution in [3.8, 4) is 0 Å². The van der Waals surface area contributed by atoms with Gasteiger partial charge in [-0.2, -0.15) is 0 Å². The van der Waals surface area contributed by atoms with Crippen LogP contribution in [0.4, 0.5) is 0 Å². The van der Waals surface area contributed by atoms with Crippen molar-refractivity contribution in [2.24, 2.45) is 0 Å². The molecule has 0 spiro atoms. The van der Waals surface area contributed by atoms with Gasteiger partial charge in [-0.3, -0.25) is 9.69 Å². The molecule has 3 rings (SSSR count). The average molecular weight is 350 g/mol. The monoisotopic (exact) mass is 350 g/mol. The number of hydrogen-bond acceptors (Lipinski definition) is 4. The maximum absolute atomic E-state index is 12.8. The van der Waals surface area contributed by atoms with E-state index in [4.69, 9.17) is 0 Å². The van der Waals surface area contributed by atoms with Gasteiger partial charge in [0.2, 0.25) is 0 Å². The van der Waals surface area contributed by atoms with Crippen molar-refractivity contribution in [3.05, 3.63) is 35.4 Å². The van der Waals surface area contributed by atoms with E-state index in [2.05, 4.69) is 4.90 Å². The van der Waals surface area contributed by atoms with Crippen molar-refractivity contribution >= 4 is 15.7 Å². The highest BCUT2D eigenvalue weighted by molar-refractivity contribution is 7.89. The highest BCUT2D eigenvalue weighted by Crippen LogP contribution is 2.22. The van der Waals surface area contributed by atoms with Gasteiger partial charge < -0.3 is 4.90 Å². The molecule has 2 saturated heterocycles. The molecule has 1 aromatic carbocycles. The molecule has 1 unspecified atom stereocenters. The van der Waals surface area contributed by atoms with E-state index in [1.54, 1.807) is 24.3 Å². The van der Waals surface area contributed by atoms with Crippen molar-refractivity contribution in [1.29, 1.82) is 0 Å². The second-order valence-electron chi connectivity index (χ2n) is 7.06. The van der Waals surface area contributed by atoms with Gasteiger partial charge in [0.1, 0.15) is 0 Å². The molecule has 2 aliphatic heterocycles. The van der Waals surface area contributed by atoms with Gasteiger partial charge in [0, 0.05) is 31.0 Å². The normalized spacial score (nSPS) is 22.7. The molecule has 132 valence electrons. The molecule has 2 fully saturated rings. The van der Waals surface area contributed by atoms with E-state index in [0.717, 1.165) is 39.0 Å². The van der Waals surface area contributed by atoms with Crippen LogP contribution in [0, 0.1) is 0 Å². The van der Waals surface area contributed by atoms with Crippen LogP contribution in [0.25, 0.3) is 0 Å². The summed E-state index contributed by atoms with van der Waals surface area (Å²) in [6.45, 7) is 3.88. The summed E-state index contributed by atoms with van der Waals surface area (Å²) in [6.07, 6.45) is 5.94. The van der Waals surface area contributed by atoms with Crippen molar-refractivity contribution < 1.29 is 13.2 Å². The van der Waals surface area contributed by atoms with Crippen molar-refractivity contribution in [2.75, 3.05) is 32.4 Å². The number of piperidine rings is 1. The summed E-state index contributed by atoms with van der Waals surface area (Å²) in [7, 11) is -3.10. The Morgan fingerprint density at radius 2 is 1.92 bits per heavy atom. The fraction of sp³-hybridized carbons (Fsp3) is 0.611. The molecule has 2 heterocycles. The van der Waals surface area contributed by atoms with Crippen LogP contribution in [0.15, 0.2) is 24.3 Å². The van der Waals surface area contributed by atoms with Crippen LogP contribution in [0.3, 0.4) is 0 Å². The van der Waals surface area contributed by atoms with Crippen LogP contribution in [-0.4, -0.2) is 62.6 Å². The summed E-state index contributed by atoms with van der Waals surface area (Å²) in [5, 5.41) is 0. The van der Waals surface area contributed by atoms with Gasteiger partial charge in [-0.25, -0.2) is 8.42 Å². The minimum absolute atomic E-state index is 0.0225. The summed E-state index contributed by atoms with van der Waals surface area (Å²) in [5.74, 6) is -0.000839. The molecule has 5 nitrogen and oxygen atoms in total. The van der Waals surface area contributed by atoms with E-state index < -0.39 is 9.84 Å². The lowest BCUT2D eigenvalue weighted by molar-refractivity contribution is 0.0608. The second-order valence-corrected chi connectivity index (χ2v) is 9.20. The molecular weight excluding hydrogens is 324 g/mol. The number of carbonyl (C=O) groups is 1. The van der Waals surface area contributed by atoms with Gasteiger partial charge >= 0.3 is 0 Å². The van der Waals surface area contributed by atoms with Crippen molar-refractivity contribution in [3.63, 3.8) is 0 Å². The van der Waals surface area contributed by atoms with Crippen molar-refractivity contribution in [1.82, 2.24) is 9.80 Å². The Labute approximate surface area is 144 Å². The topological polar surface area (TPSA) is 57.7 Å². The van der Waals surface area contributed by atoms with Crippen LogP contribution < -0.4 is 0 Å². The van der Waals surface area contributed by atoms with Crippen LogP contribution >= 0.6 is 0 Å². The lowest BCUT2D eigenvalue weighted by Gasteiger charge is -2.37. The average Bonchev–Trinajstić information content (AvgIpc) is 3.07. The lowest BCUT2D eigenvalue weighted by Crippen LogP contribution is -2.49. The molecule has 0 saturated carbocycles. The van der Waals surface area contributed by atoms with Crippen LogP contribution in [0.2, 0.25) is 0 Å². The zero-order valence-electron chi connectivity index (χ0n) is 14.3. The summed E-state index contributed by atoms with van der Waals surface area (Å²) < 4.78 is 22.9. The predicted molar refractivity (Wildman–Crippen MR) is 94.7 cm³/mol. The fourth-order valence-corrected chi connectivity index (χ4v) is 4.61. The number of amides is 1. The van der Waals surface area contributed by atoms with E-state index in [9.17, 15) is 13.2 Å². The Morgan fingerprint density at radius 1 is 1.17 bits per heavy atom. The van der Waals surface area contributed by atoms with Gasteiger partial charge in [-0.1, -0.05) is 12.1 Å². The highest BCUT2D eigenvalue weighted by atomic mass is 32.2. The number of carbonyl (C=O) groups excluding carboxylic acids is 1. The van der Waals surface area contributed by atoms with Gasteiger partial charge in [0.15, 0.2) is 9.84 Å². The number of sulfone groups is 1. The van der Waals surface area contributed by atoms with Crippen LogP contribution in [0.5, 0.6) is 0 Å². The molecule has 0 aliphatic carbocycles. The predicted octanol–water partition coefficient (Wildman–Crippen LogP) is 1.93. The molecule has 0 bridgehead atoms. The quantitative estimate of drug-likeness (QED) is 0.833. The molecule has 6 heteroatoms. The number of rotatable bonds is 4. The van der Waals surface area contributed by atoms with Gasteiger partial charge in [0.25, 0.3) is 5.91 Å². The maximum Gasteiger partial charge on any atom is 0.253 e. The Hall–Kier alpha value is -1.40. The first-order valence-electron chi connectivity index (χ1n) is 8.72. The van der Waals surface area contributed by atoms with E-state index >= 15 is 0 Å². The number of hydrogen-bond donors (Lipinski definition) is 0. The summed E-state index contributed by atoms with van der Waals surface area (Å²) >= 11 is 0. The van der Waals surface area contributed by atoms with E-state index in [0.29, 0.717) is 17.2 Å². The number of likely N-dealkylation sites (tertiary alicyclic amines) is 2. The van der Waals surface area contributed by atoms with Crippen molar-refractivity contribution in [2.45, 2.75) is 37.5 Å². The largest absolute Gasteiger partial charge is 0.337 e. The molecule has 1 aromatic rings. The highest BCUT2D eigenvalue weighted by Gasteiger charge is 2.29. The van der Waals surface area contributed by atoms with E-state index in [1.165, 1.54) is 19.1 Å².